The lowest BCUT2D eigenvalue weighted by atomic mass is 9.72. The first-order valence-corrected chi connectivity index (χ1v) is 10.0. The fraction of sp³-hybridized carbons (Fsp3) is 0.130. The molecule has 2 aliphatic heterocycles. The average Bonchev–Trinajstić information content (AvgIpc) is 3.27. The molecule has 14 heteroatoms. The van der Waals surface area contributed by atoms with Crippen LogP contribution in [0.15, 0.2) is 60.7 Å². The van der Waals surface area contributed by atoms with Gasteiger partial charge in [-0.1, -0.05) is 12.1 Å². The summed E-state index contributed by atoms with van der Waals surface area (Å²) in [5.41, 5.74) is -9.25. The molecule has 37 heavy (non-hydrogen) atoms. The first-order valence-electron chi connectivity index (χ1n) is 10.0. The SMILES string of the molecule is O=C1C=CC(=O)N1c1ccc(C(c2ccc(N3C(=O)C=CC3=O)c(O)c2)(C(F)(F)F)C(F)(F)F)cc1O. The topological polar surface area (TPSA) is 115 Å². The average molecular weight is 526 g/mol. The number of hydrogen-bond acceptors (Lipinski definition) is 6. The largest absolute Gasteiger partial charge is 0.506 e. The van der Waals surface area contributed by atoms with Gasteiger partial charge >= 0.3 is 12.4 Å². The number of phenols is 2. The highest BCUT2D eigenvalue weighted by atomic mass is 19.4. The molecule has 0 aromatic heterocycles. The molecule has 2 aromatic carbocycles. The number of hydrogen-bond donors (Lipinski definition) is 2. The van der Waals surface area contributed by atoms with Gasteiger partial charge in [0.2, 0.25) is 5.41 Å². The summed E-state index contributed by atoms with van der Waals surface area (Å²) in [6.07, 6.45) is -9.06. The van der Waals surface area contributed by atoms with Crippen molar-refractivity contribution in [2.45, 2.75) is 17.8 Å². The molecule has 0 saturated heterocycles. The van der Waals surface area contributed by atoms with Crippen molar-refractivity contribution in [1.82, 2.24) is 0 Å². The Morgan fingerprint density at radius 2 is 0.838 bits per heavy atom. The maximum atomic E-state index is 14.4. The molecule has 0 unspecified atom stereocenters. The predicted molar refractivity (Wildman–Crippen MR) is 112 cm³/mol. The minimum atomic E-state index is -6.12. The molecule has 8 nitrogen and oxygen atoms in total. The number of phenolic OH excluding ortho intramolecular Hbond substituents is 2. The zero-order valence-electron chi connectivity index (χ0n) is 18.0. The van der Waals surface area contributed by atoms with Crippen molar-refractivity contribution in [3.05, 3.63) is 71.8 Å². The summed E-state index contributed by atoms with van der Waals surface area (Å²) in [5, 5.41) is 20.6. The van der Waals surface area contributed by atoms with Gasteiger partial charge in [0.1, 0.15) is 11.5 Å². The fourth-order valence-electron chi connectivity index (χ4n) is 4.15. The van der Waals surface area contributed by atoms with E-state index in [4.69, 9.17) is 0 Å². The smallest absolute Gasteiger partial charge is 0.411 e. The molecule has 4 amide bonds. The molecule has 0 fully saturated rings. The van der Waals surface area contributed by atoms with Gasteiger partial charge in [-0.25, -0.2) is 9.80 Å². The van der Waals surface area contributed by atoms with Gasteiger partial charge in [-0.15, -0.1) is 0 Å². The van der Waals surface area contributed by atoms with E-state index in [0.29, 0.717) is 34.1 Å². The lowest BCUT2D eigenvalue weighted by molar-refractivity contribution is -0.288. The van der Waals surface area contributed by atoms with Crippen molar-refractivity contribution in [3.63, 3.8) is 0 Å². The van der Waals surface area contributed by atoms with E-state index in [2.05, 4.69) is 0 Å². The molecule has 2 heterocycles. The second kappa shape index (κ2) is 8.21. The molecule has 0 atom stereocenters. The summed E-state index contributed by atoms with van der Waals surface area (Å²) in [7, 11) is 0. The first kappa shape index (κ1) is 25.5. The molecule has 0 spiro atoms. The highest BCUT2D eigenvalue weighted by Gasteiger charge is 2.72. The summed E-state index contributed by atoms with van der Waals surface area (Å²) < 4.78 is 86.5. The fourth-order valence-corrected chi connectivity index (χ4v) is 4.15. The van der Waals surface area contributed by atoms with Gasteiger partial charge in [0.15, 0.2) is 0 Å². The van der Waals surface area contributed by atoms with E-state index in [9.17, 15) is 55.7 Å². The number of imide groups is 2. The standard InChI is InChI=1S/C23H12F6N2O6/c24-22(25,26)21(23(27,28)29,11-1-3-13(15(32)9-11)30-17(34)5-6-18(30)35)12-2-4-14(16(33)10-12)31-19(36)7-8-20(31)37/h1-10,32-33H. The molecule has 4 rings (SSSR count). The van der Waals surface area contributed by atoms with Crippen molar-refractivity contribution in [2.24, 2.45) is 0 Å². The normalized spacial score (nSPS) is 16.5. The summed E-state index contributed by atoms with van der Waals surface area (Å²) in [6, 6.07) is 1.96. The van der Waals surface area contributed by atoms with Crippen molar-refractivity contribution in [3.8, 4) is 11.5 Å². The van der Waals surface area contributed by atoms with E-state index in [1.54, 1.807) is 0 Å². The van der Waals surface area contributed by atoms with Crippen LogP contribution in [0.5, 0.6) is 11.5 Å². The second-order valence-electron chi connectivity index (χ2n) is 7.84. The van der Waals surface area contributed by atoms with E-state index in [1.165, 1.54) is 0 Å². The minimum absolute atomic E-state index is 0.109. The third kappa shape index (κ3) is 3.72. The van der Waals surface area contributed by atoms with E-state index < -0.39 is 75.4 Å². The Balaban J connectivity index is 1.92. The van der Waals surface area contributed by atoms with E-state index in [0.717, 1.165) is 24.3 Å². The Bertz CT molecular complexity index is 1280. The highest BCUT2D eigenvalue weighted by molar-refractivity contribution is 6.29. The maximum absolute atomic E-state index is 14.4. The third-order valence-corrected chi connectivity index (χ3v) is 5.77. The molecular weight excluding hydrogens is 514 g/mol. The zero-order valence-corrected chi connectivity index (χ0v) is 18.0. The van der Waals surface area contributed by atoms with E-state index in [-0.39, 0.29) is 12.1 Å². The predicted octanol–water partition coefficient (Wildman–Crippen LogP) is 3.37. The van der Waals surface area contributed by atoms with Gasteiger partial charge in [-0.2, -0.15) is 26.3 Å². The van der Waals surface area contributed by atoms with Crippen LogP contribution in [0, 0.1) is 0 Å². The number of alkyl halides is 6. The minimum Gasteiger partial charge on any atom is -0.506 e. The third-order valence-electron chi connectivity index (χ3n) is 5.77. The van der Waals surface area contributed by atoms with Crippen LogP contribution in [0.2, 0.25) is 0 Å². The molecule has 2 aromatic rings. The quantitative estimate of drug-likeness (QED) is 0.467. The van der Waals surface area contributed by atoms with Gasteiger partial charge < -0.3 is 10.2 Å². The zero-order chi connectivity index (χ0) is 27.5. The number of halogens is 6. The first-order chi connectivity index (χ1) is 17.1. The van der Waals surface area contributed by atoms with Crippen LogP contribution < -0.4 is 9.80 Å². The van der Waals surface area contributed by atoms with Crippen LogP contribution in [0.3, 0.4) is 0 Å². The Hall–Kier alpha value is -4.62. The van der Waals surface area contributed by atoms with Gasteiger partial charge in [0.05, 0.1) is 11.4 Å². The van der Waals surface area contributed by atoms with Gasteiger partial charge in [0.25, 0.3) is 23.6 Å². The Morgan fingerprint density at radius 1 is 0.541 bits per heavy atom. The van der Waals surface area contributed by atoms with Crippen molar-refractivity contribution in [1.29, 1.82) is 0 Å². The number of anilines is 2. The van der Waals surface area contributed by atoms with Crippen molar-refractivity contribution < 1.29 is 55.7 Å². The van der Waals surface area contributed by atoms with Crippen LogP contribution in [0.25, 0.3) is 0 Å². The molecule has 0 saturated carbocycles. The Morgan fingerprint density at radius 3 is 1.08 bits per heavy atom. The Labute approximate surface area is 202 Å². The summed E-state index contributed by atoms with van der Waals surface area (Å²) in [5.74, 6) is -6.39. The number of rotatable bonds is 4. The van der Waals surface area contributed by atoms with Gasteiger partial charge in [0, 0.05) is 24.3 Å². The Kier molecular flexibility index (Phi) is 5.65. The van der Waals surface area contributed by atoms with Gasteiger partial charge in [-0.3, -0.25) is 19.2 Å². The molecule has 192 valence electrons. The molecule has 2 N–H and O–H groups in total. The van der Waals surface area contributed by atoms with E-state index >= 15 is 0 Å². The van der Waals surface area contributed by atoms with Crippen LogP contribution in [0.1, 0.15) is 11.1 Å². The highest BCUT2D eigenvalue weighted by Crippen LogP contribution is 2.57. The maximum Gasteiger partial charge on any atom is 0.411 e. The molecule has 0 aliphatic carbocycles. The van der Waals surface area contributed by atoms with Crippen LogP contribution in [0.4, 0.5) is 37.7 Å². The number of nitrogens with zero attached hydrogens (tertiary/aromatic N) is 2. The van der Waals surface area contributed by atoms with Gasteiger partial charge in [-0.05, 0) is 35.4 Å². The van der Waals surface area contributed by atoms with Crippen molar-refractivity contribution >= 4 is 35.0 Å². The van der Waals surface area contributed by atoms with Crippen LogP contribution in [-0.2, 0) is 24.6 Å². The lowest BCUT2D eigenvalue weighted by Crippen LogP contribution is -2.54. The number of aromatic hydroxyl groups is 2. The molecular formula is C23H12F6N2O6. The van der Waals surface area contributed by atoms with Crippen LogP contribution >= 0.6 is 0 Å². The van der Waals surface area contributed by atoms with Crippen molar-refractivity contribution in [2.75, 3.05) is 9.80 Å². The molecule has 0 bridgehead atoms. The number of benzene rings is 2. The number of amides is 4. The molecule has 0 radical (unpaired) electrons. The van der Waals surface area contributed by atoms with E-state index in [1.807, 2.05) is 0 Å². The monoisotopic (exact) mass is 526 g/mol. The lowest BCUT2D eigenvalue weighted by Gasteiger charge is -2.38. The summed E-state index contributed by atoms with van der Waals surface area (Å²) in [6.45, 7) is 0. The second-order valence-corrected chi connectivity index (χ2v) is 7.84. The molecule has 2 aliphatic rings. The van der Waals surface area contributed by atoms with Crippen LogP contribution in [-0.4, -0.2) is 46.2 Å². The number of carbonyl (C=O) groups is 4. The number of carbonyl (C=O) groups excluding carboxylic acids is 4. The summed E-state index contributed by atoms with van der Waals surface area (Å²) in [4.78, 5) is 48.1. The summed E-state index contributed by atoms with van der Waals surface area (Å²) >= 11 is 0.